The van der Waals surface area contributed by atoms with Gasteiger partial charge in [0, 0.05) is 18.9 Å². The molecular formula is C20H19N5O5S2. The lowest BCUT2D eigenvalue weighted by Crippen LogP contribution is -2.47. The first-order valence-electron chi connectivity index (χ1n) is 9.38. The molecule has 4 N–H and O–H groups in total. The second kappa shape index (κ2) is 8.22. The molecule has 0 spiro atoms. The van der Waals surface area contributed by atoms with Crippen LogP contribution in [0.25, 0.3) is 0 Å². The van der Waals surface area contributed by atoms with E-state index in [0.29, 0.717) is 17.8 Å². The van der Waals surface area contributed by atoms with Crippen LogP contribution in [0.15, 0.2) is 81.8 Å². The number of nitrogens with two attached hydrogens (primary N) is 1. The number of guanidine groups is 1. The molecule has 4 rings (SSSR count). The smallest absolute Gasteiger partial charge is 0.267 e. The standard InChI is InChI=1S/C20H19N5O5S2/c21-31(27,28)15-7-5-14(6-8-15)9-12-23-20-24-32(29,30)19-13-22-11-10-17(19)25(20)16-3-1-2-4-18(16)26/h1-8,10-11,13,26H,9,12H2,(H,23,24)(H2,21,27,28). The largest absolute Gasteiger partial charge is 0.506 e. The topological polar surface area (TPSA) is 155 Å². The van der Waals surface area contributed by atoms with Crippen molar-refractivity contribution in [1.82, 2.24) is 9.71 Å². The molecule has 1 aromatic heterocycles. The molecule has 0 fully saturated rings. The normalized spacial score (nSPS) is 16.4. The highest BCUT2D eigenvalue weighted by molar-refractivity contribution is 7.90. The van der Waals surface area contributed by atoms with Crippen LogP contribution in [0.5, 0.6) is 5.75 Å². The summed E-state index contributed by atoms with van der Waals surface area (Å²) in [4.78, 5) is 9.79. The quantitative estimate of drug-likeness (QED) is 0.507. The summed E-state index contributed by atoms with van der Waals surface area (Å²) >= 11 is 0. The molecule has 0 radical (unpaired) electrons. The van der Waals surface area contributed by atoms with Crippen LogP contribution in [-0.2, 0) is 26.5 Å². The number of sulfonamides is 2. The van der Waals surface area contributed by atoms with Gasteiger partial charge in [-0.3, -0.25) is 14.9 Å². The van der Waals surface area contributed by atoms with Gasteiger partial charge in [-0.05, 0) is 42.3 Å². The molecule has 10 nitrogen and oxygen atoms in total. The van der Waals surface area contributed by atoms with Crippen molar-refractivity contribution in [3.05, 3.63) is 72.6 Å². The van der Waals surface area contributed by atoms with Crippen LogP contribution in [0.1, 0.15) is 5.56 Å². The number of hydrogen-bond acceptors (Lipinski definition) is 7. The second-order valence-corrected chi connectivity index (χ2v) is 10.1. The zero-order valence-electron chi connectivity index (χ0n) is 16.6. The Balaban J connectivity index is 1.68. The molecular weight excluding hydrogens is 454 g/mol. The van der Waals surface area contributed by atoms with Gasteiger partial charge >= 0.3 is 0 Å². The van der Waals surface area contributed by atoms with E-state index in [1.54, 1.807) is 30.3 Å². The van der Waals surface area contributed by atoms with Crippen molar-refractivity contribution in [2.75, 3.05) is 11.4 Å². The van der Waals surface area contributed by atoms with E-state index >= 15 is 0 Å². The van der Waals surface area contributed by atoms with E-state index in [2.05, 4.69) is 14.7 Å². The molecule has 2 aromatic carbocycles. The van der Waals surface area contributed by atoms with E-state index in [9.17, 15) is 21.9 Å². The van der Waals surface area contributed by atoms with Gasteiger partial charge in [0.05, 0.1) is 16.3 Å². The van der Waals surface area contributed by atoms with Gasteiger partial charge < -0.3 is 5.11 Å². The number of phenols is 1. The third kappa shape index (κ3) is 4.28. The van der Waals surface area contributed by atoms with E-state index in [4.69, 9.17) is 5.14 Å². The molecule has 0 saturated heterocycles. The highest BCUT2D eigenvalue weighted by Gasteiger charge is 2.34. The molecule has 1 aliphatic rings. The third-order valence-corrected chi connectivity index (χ3v) is 7.04. The van der Waals surface area contributed by atoms with Gasteiger partial charge in [0.1, 0.15) is 10.6 Å². The maximum Gasteiger partial charge on any atom is 0.267 e. The Bertz CT molecular complexity index is 1400. The summed E-state index contributed by atoms with van der Waals surface area (Å²) in [6.07, 6.45) is 3.10. The number of aromatic nitrogens is 1. The number of pyridine rings is 1. The lowest BCUT2D eigenvalue weighted by atomic mass is 10.1. The summed E-state index contributed by atoms with van der Waals surface area (Å²) in [7, 11) is -7.69. The average molecular weight is 474 g/mol. The van der Waals surface area contributed by atoms with Crippen LogP contribution in [0.3, 0.4) is 0 Å². The number of nitrogens with zero attached hydrogens (tertiary/aromatic N) is 3. The van der Waals surface area contributed by atoms with E-state index in [1.165, 1.54) is 41.6 Å². The predicted octanol–water partition coefficient (Wildman–Crippen LogP) is 1.46. The Kier molecular flexibility index (Phi) is 5.59. The van der Waals surface area contributed by atoms with Crippen molar-refractivity contribution >= 4 is 37.4 Å². The first-order valence-corrected chi connectivity index (χ1v) is 12.4. The Morgan fingerprint density at radius 2 is 1.78 bits per heavy atom. The maximum absolute atomic E-state index is 12.7. The summed E-state index contributed by atoms with van der Waals surface area (Å²) in [6.45, 7) is 0.192. The van der Waals surface area contributed by atoms with Crippen LogP contribution in [0, 0.1) is 0 Å². The van der Waals surface area contributed by atoms with Crippen LogP contribution < -0.4 is 14.8 Å². The Labute approximate surface area is 185 Å². The lowest BCUT2D eigenvalue weighted by molar-refractivity contribution is 0.476. The molecule has 3 aromatic rings. The lowest BCUT2D eigenvalue weighted by Gasteiger charge is -2.32. The van der Waals surface area contributed by atoms with Crippen molar-refractivity contribution in [2.24, 2.45) is 10.1 Å². The van der Waals surface area contributed by atoms with Gasteiger partial charge in [-0.25, -0.2) is 26.7 Å². The number of anilines is 2. The monoisotopic (exact) mass is 473 g/mol. The number of nitrogens with one attached hydrogen (secondary N) is 1. The number of aliphatic imine (C=N–C) groups is 1. The van der Waals surface area contributed by atoms with Crippen LogP contribution >= 0.6 is 0 Å². The zero-order valence-corrected chi connectivity index (χ0v) is 18.2. The highest BCUT2D eigenvalue weighted by Crippen LogP contribution is 2.38. The minimum atomic E-state index is -3.91. The first-order chi connectivity index (χ1) is 15.2. The fourth-order valence-corrected chi connectivity index (χ4v) is 4.89. The summed E-state index contributed by atoms with van der Waals surface area (Å²) < 4.78 is 50.7. The fourth-order valence-electron chi connectivity index (χ4n) is 3.24. The van der Waals surface area contributed by atoms with E-state index < -0.39 is 20.0 Å². The molecule has 0 aliphatic carbocycles. The number of aromatic hydroxyl groups is 1. The van der Waals surface area contributed by atoms with Gasteiger partial charge in [0.2, 0.25) is 16.0 Å². The number of para-hydroxylation sites is 2. The fraction of sp³-hybridized carbons (Fsp3) is 0.100. The molecule has 0 unspecified atom stereocenters. The number of rotatable bonds is 5. The summed E-state index contributed by atoms with van der Waals surface area (Å²) in [6, 6.07) is 14.1. The molecule has 1 aliphatic heterocycles. The molecule has 12 heteroatoms. The molecule has 0 bridgehead atoms. The van der Waals surface area contributed by atoms with Gasteiger partial charge in [-0.15, -0.1) is 0 Å². The molecule has 0 saturated carbocycles. The summed E-state index contributed by atoms with van der Waals surface area (Å²) in [5.41, 5.74) is 1.44. The van der Waals surface area contributed by atoms with Crippen LogP contribution in [0.4, 0.5) is 11.4 Å². The summed E-state index contributed by atoms with van der Waals surface area (Å²) in [5.74, 6) is -0.0333. The molecule has 166 valence electrons. The maximum atomic E-state index is 12.7. The Morgan fingerprint density at radius 3 is 2.47 bits per heavy atom. The minimum absolute atomic E-state index is 0.00329. The van der Waals surface area contributed by atoms with Crippen molar-refractivity contribution in [2.45, 2.75) is 16.2 Å². The number of hydrogen-bond donors (Lipinski definition) is 3. The molecule has 32 heavy (non-hydrogen) atoms. The third-order valence-electron chi connectivity index (χ3n) is 4.77. The predicted molar refractivity (Wildman–Crippen MR) is 119 cm³/mol. The zero-order chi connectivity index (χ0) is 22.9. The minimum Gasteiger partial charge on any atom is -0.506 e. The number of primary sulfonamides is 1. The average Bonchev–Trinajstić information content (AvgIpc) is 2.74. The van der Waals surface area contributed by atoms with Crippen LogP contribution in [0.2, 0.25) is 0 Å². The van der Waals surface area contributed by atoms with Crippen molar-refractivity contribution in [3.63, 3.8) is 0 Å². The highest BCUT2D eigenvalue weighted by atomic mass is 32.2. The van der Waals surface area contributed by atoms with Crippen molar-refractivity contribution in [3.8, 4) is 5.75 Å². The Morgan fingerprint density at radius 1 is 1.06 bits per heavy atom. The molecule has 2 heterocycles. The van der Waals surface area contributed by atoms with Gasteiger partial charge in [-0.2, -0.15) is 0 Å². The van der Waals surface area contributed by atoms with Crippen molar-refractivity contribution < 1.29 is 21.9 Å². The van der Waals surface area contributed by atoms with Crippen molar-refractivity contribution in [1.29, 1.82) is 0 Å². The molecule has 0 amide bonds. The van der Waals surface area contributed by atoms with E-state index in [0.717, 1.165) is 5.56 Å². The Hall–Kier alpha value is -3.48. The van der Waals surface area contributed by atoms with E-state index in [1.807, 2.05) is 0 Å². The first kappa shape index (κ1) is 21.7. The SMILES string of the molecule is NS(=O)(=O)c1ccc(CCN=C2NS(=O)(=O)c3cnccc3N2c2ccccc2O)cc1. The van der Waals surface area contributed by atoms with Gasteiger partial charge in [0.15, 0.2) is 0 Å². The van der Waals surface area contributed by atoms with Gasteiger partial charge in [0.25, 0.3) is 10.0 Å². The number of phenolic OH excluding ortho intramolecular Hbond substituents is 1. The summed E-state index contributed by atoms with van der Waals surface area (Å²) in [5, 5.41) is 15.5. The van der Waals surface area contributed by atoms with E-state index in [-0.39, 0.29) is 28.0 Å². The molecule has 0 atom stereocenters. The second-order valence-electron chi connectivity index (χ2n) is 6.92. The number of benzene rings is 2. The van der Waals surface area contributed by atoms with Crippen LogP contribution in [-0.4, -0.2) is 39.4 Å². The number of fused-ring (bicyclic) bond motifs is 1. The van der Waals surface area contributed by atoms with Gasteiger partial charge in [-0.1, -0.05) is 24.3 Å².